The lowest BCUT2D eigenvalue weighted by molar-refractivity contribution is -0.137. The summed E-state index contributed by atoms with van der Waals surface area (Å²) >= 11 is 4.82. The third kappa shape index (κ3) is 6.20. The van der Waals surface area contributed by atoms with E-state index >= 15 is 0 Å². The third-order valence-electron chi connectivity index (χ3n) is 1.95. The van der Waals surface area contributed by atoms with Gasteiger partial charge in [0.2, 0.25) is 5.91 Å². The molecule has 1 aromatic rings. The summed E-state index contributed by atoms with van der Waals surface area (Å²) in [5.74, 6) is -1.70. The van der Waals surface area contributed by atoms with E-state index in [4.69, 9.17) is 5.11 Å². The number of thiophene rings is 1. The molecule has 3 amide bonds. The van der Waals surface area contributed by atoms with E-state index in [1.54, 1.807) is 0 Å². The highest BCUT2D eigenvalue weighted by Gasteiger charge is 2.07. The first kappa shape index (κ1) is 15.4. The van der Waals surface area contributed by atoms with Gasteiger partial charge in [-0.1, -0.05) is 0 Å². The molecule has 9 heteroatoms. The average molecular weight is 350 g/mol. The number of nitrogens with one attached hydrogen (secondary N) is 3. The number of carbonyl (C=O) groups excluding carboxylic acids is 2. The number of amides is 3. The Morgan fingerprint density at radius 2 is 1.95 bits per heavy atom. The van der Waals surface area contributed by atoms with Crippen LogP contribution in [-0.2, 0) is 16.1 Å². The maximum atomic E-state index is 11.4. The molecule has 0 saturated carbocycles. The van der Waals surface area contributed by atoms with Crippen molar-refractivity contribution in [2.75, 3.05) is 13.1 Å². The monoisotopic (exact) mass is 349 g/mol. The average Bonchev–Trinajstić information content (AvgIpc) is 2.77. The second-order valence-corrected chi connectivity index (χ2v) is 5.25. The Bertz CT molecular complexity index is 477. The maximum Gasteiger partial charge on any atom is 0.322 e. The van der Waals surface area contributed by atoms with E-state index in [2.05, 4.69) is 31.9 Å². The Kier molecular flexibility index (Phi) is 6.30. The largest absolute Gasteiger partial charge is 0.480 e. The van der Waals surface area contributed by atoms with Crippen LogP contribution in [0.25, 0.3) is 0 Å². The van der Waals surface area contributed by atoms with Gasteiger partial charge in [0, 0.05) is 9.35 Å². The van der Waals surface area contributed by atoms with Crippen molar-refractivity contribution in [2.45, 2.75) is 6.54 Å². The first-order valence-electron chi connectivity index (χ1n) is 5.21. The van der Waals surface area contributed by atoms with Crippen molar-refractivity contribution in [3.63, 3.8) is 0 Å². The predicted octanol–water partition coefficient (Wildman–Crippen LogP) is 0.511. The fraction of sp³-hybridized carbons (Fsp3) is 0.300. The Labute approximate surface area is 121 Å². The highest BCUT2D eigenvalue weighted by Crippen LogP contribution is 2.21. The molecule has 0 atom stereocenters. The van der Waals surface area contributed by atoms with Crippen LogP contribution in [0.15, 0.2) is 15.9 Å². The highest BCUT2D eigenvalue weighted by molar-refractivity contribution is 9.10. The van der Waals surface area contributed by atoms with Crippen LogP contribution in [-0.4, -0.2) is 36.1 Å². The lowest BCUT2D eigenvalue weighted by Crippen LogP contribution is -2.42. The molecule has 0 aromatic carbocycles. The molecule has 0 fully saturated rings. The number of hydrogen-bond acceptors (Lipinski definition) is 4. The van der Waals surface area contributed by atoms with Crippen LogP contribution in [0.1, 0.15) is 4.88 Å². The summed E-state index contributed by atoms with van der Waals surface area (Å²) in [6.07, 6.45) is 0. The van der Waals surface area contributed by atoms with Gasteiger partial charge in [0.15, 0.2) is 0 Å². The molecule has 1 aromatic heterocycles. The Morgan fingerprint density at radius 3 is 2.53 bits per heavy atom. The minimum atomic E-state index is -1.14. The van der Waals surface area contributed by atoms with Gasteiger partial charge in [0.25, 0.3) is 0 Å². The molecule has 7 nitrogen and oxygen atoms in total. The van der Waals surface area contributed by atoms with Gasteiger partial charge in [-0.3, -0.25) is 9.59 Å². The van der Waals surface area contributed by atoms with Crippen molar-refractivity contribution in [3.05, 3.63) is 20.8 Å². The van der Waals surface area contributed by atoms with Gasteiger partial charge in [-0.25, -0.2) is 4.79 Å². The van der Waals surface area contributed by atoms with Crippen molar-refractivity contribution in [1.29, 1.82) is 0 Å². The molecule has 4 N–H and O–H groups in total. The Morgan fingerprint density at radius 1 is 1.21 bits per heavy atom. The molecule has 0 aliphatic rings. The molecule has 1 rings (SSSR count). The van der Waals surface area contributed by atoms with Gasteiger partial charge in [-0.15, -0.1) is 11.3 Å². The molecule has 0 radical (unpaired) electrons. The lowest BCUT2D eigenvalue weighted by Gasteiger charge is -2.07. The summed E-state index contributed by atoms with van der Waals surface area (Å²) in [4.78, 5) is 33.6. The zero-order valence-corrected chi connectivity index (χ0v) is 12.1. The molecule has 104 valence electrons. The van der Waals surface area contributed by atoms with Gasteiger partial charge < -0.3 is 21.1 Å². The maximum absolute atomic E-state index is 11.4. The molecule has 0 aliphatic heterocycles. The normalized spacial score (nSPS) is 9.74. The lowest BCUT2D eigenvalue weighted by atomic mass is 10.4. The van der Waals surface area contributed by atoms with Crippen molar-refractivity contribution in [2.24, 2.45) is 0 Å². The first-order valence-corrected chi connectivity index (χ1v) is 6.88. The van der Waals surface area contributed by atoms with E-state index in [9.17, 15) is 14.4 Å². The molecule has 0 unspecified atom stereocenters. The third-order valence-corrected chi connectivity index (χ3v) is 3.87. The van der Waals surface area contributed by atoms with Crippen molar-refractivity contribution in [3.8, 4) is 0 Å². The SMILES string of the molecule is O=C(O)CNC(=O)CNC(=O)NCc1sccc1Br. The summed E-state index contributed by atoms with van der Waals surface area (Å²) < 4.78 is 0.914. The summed E-state index contributed by atoms with van der Waals surface area (Å²) in [6, 6.07) is 1.38. The molecule has 1 heterocycles. The Balaban J connectivity index is 2.19. The van der Waals surface area contributed by atoms with Crippen LogP contribution in [0.3, 0.4) is 0 Å². The number of carboxylic acid groups (broad SMARTS) is 1. The molecule has 19 heavy (non-hydrogen) atoms. The predicted molar refractivity (Wildman–Crippen MR) is 72.9 cm³/mol. The molecule has 0 aliphatic carbocycles. The quantitative estimate of drug-likeness (QED) is 0.600. The number of halogens is 1. The Hall–Kier alpha value is -1.61. The van der Waals surface area contributed by atoms with Gasteiger partial charge in [-0.05, 0) is 27.4 Å². The summed E-state index contributed by atoms with van der Waals surface area (Å²) in [5.41, 5.74) is 0. The summed E-state index contributed by atoms with van der Waals surface area (Å²) in [7, 11) is 0. The second-order valence-electron chi connectivity index (χ2n) is 3.40. The van der Waals surface area contributed by atoms with Gasteiger partial charge in [0.05, 0.1) is 13.1 Å². The number of carbonyl (C=O) groups is 3. The van der Waals surface area contributed by atoms with Crippen LogP contribution in [0, 0.1) is 0 Å². The van der Waals surface area contributed by atoms with Crippen LogP contribution in [0.2, 0.25) is 0 Å². The minimum absolute atomic E-state index is 0.273. The van der Waals surface area contributed by atoms with E-state index < -0.39 is 24.5 Å². The molecule has 0 bridgehead atoms. The van der Waals surface area contributed by atoms with Crippen molar-refractivity contribution in [1.82, 2.24) is 16.0 Å². The number of urea groups is 1. The van der Waals surface area contributed by atoms with Gasteiger partial charge in [-0.2, -0.15) is 0 Å². The van der Waals surface area contributed by atoms with E-state index in [0.29, 0.717) is 6.54 Å². The summed E-state index contributed by atoms with van der Waals surface area (Å²) in [6.45, 7) is -0.393. The van der Waals surface area contributed by atoms with Crippen LogP contribution in [0.4, 0.5) is 4.79 Å². The smallest absolute Gasteiger partial charge is 0.322 e. The first-order chi connectivity index (χ1) is 8.99. The van der Waals surface area contributed by atoms with Crippen LogP contribution < -0.4 is 16.0 Å². The van der Waals surface area contributed by atoms with Crippen molar-refractivity contribution >= 4 is 45.2 Å². The van der Waals surface area contributed by atoms with Crippen LogP contribution in [0.5, 0.6) is 0 Å². The number of hydrogen-bond donors (Lipinski definition) is 4. The molecule has 0 spiro atoms. The van der Waals surface area contributed by atoms with Gasteiger partial charge >= 0.3 is 12.0 Å². The zero-order chi connectivity index (χ0) is 14.3. The fourth-order valence-electron chi connectivity index (χ4n) is 1.07. The fourth-order valence-corrected chi connectivity index (χ4v) is 2.50. The number of carboxylic acids is 1. The number of aliphatic carboxylic acids is 1. The molecular weight excluding hydrogens is 338 g/mol. The zero-order valence-electron chi connectivity index (χ0n) is 9.73. The standard InChI is InChI=1S/C10H12BrN3O4S/c11-6-1-2-19-7(6)3-13-10(18)14-4-8(15)12-5-9(16)17/h1-2H,3-5H2,(H,12,15)(H,16,17)(H2,13,14,18). The van der Waals surface area contributed by atoms with Crippen molar-refractivity contribution < 1.29 is 19.5 Å². The van der Waals surface area contributed by atoms with Gasteiger partial charge in [0.1, 0.15) is 6.54 Å². The van der Waals surface area contributed by atoms with E-state index in [-0.39, 0.29) is 6.54 Å². The topological polar surface area (TPSA) is 108 Å². The van der Waals surface area contributed by atoms with Crippen LogP contribution >= 0.6 is 27.3 Å². The van der Waals surface area contributed by atoms with E-state index in [1.807, 2.05) is 11.4 Å². The number of rotatable bonds is 6. The highest BCUT2D eigenvalue weighted by atomic mass is 79.9. The summed E-state index contributed by atoms with van der Waals surface area (Å²) in [5, 5.41) is 17.3. The minimum Gasteiger partial charge on any atom is -0.480 e. The van der Waals surface area contributed by atoms with E-state index in [1.165, 1.54) is 11.3 Å². The van der Waals surface area contributed by atoms with E-state index in [0.717, 1.165) is 9.35 Å². The molecule has 0 saturated heterocycles. The molecular formula is C10H12BrN3O4S. The second kappa shape index (κ2) is 7.74.